The zero-order valence-electron chi connectivity index (χ0n) is 7.38. The van der Waals surface area contributed by atoms with Crippen LogP contribution in [0.25, 0.3) is 0 Å². The molecule has 2 unspecified atom stereocenters. The zero-order valence-corrected chi connectivity index (χ0v) is 7.38. The maximum absolute atomic E-state index is 11.2. The van der Waals surface area contributed by atoms with Crippen molar-refractivity contribution in [2.45, 2.75) is 18.9 Å². The Balaban J connectivity index is 2.48. The summed E-state index contributed by atoms with van der Waals surface area (Å²) in [5.74, 6) is -0.366. The quantitative estimate of drug-likeness (QED) is 0.563. The molecule has 0 aromatic carbocycles. The van der Waals surface area contributed by atoms with Crippen LogP contribution in [0.4, 0.5) is 0 Å². The maximum atomic E-state index is 11.2. The molecule has 1 rings (SSSR count). The van der Waals surface area contributed by atoms with Crippen molar-refractivity contribution in [3.8, 4) is 0 Å². The average molecular weight is 172 g/mol. The van der Waals surface area contributed by atoms with Crippen molar-refractivity contribution < 1.29 is 9.53 Å². The summed E-state index contributed by atoms with van der Waals surface area (Å²) >= 11 is 0. The molecule has 0 aromatic heterocycles. The molecular weight excluding hydrogens is 156 g/mol. The van der Waals surface area contributed by atoms with Crippen LogP contribution in [-0.2, 0) is 9.53 Å². The van der Waals surface area contributed by atoms with Crippen molar-refractivity contribution in [2.75, 3.05) is 20.2 Å². The largest absolute Gasteiger partial charge is 0.469 e. The van der Waals surface area contributed by atoms with Crippen LogP contribution in [0.3, 0.4) is 0 Å². The summed E-state index contributed by atoms with van der Waals surface area (Å²) in [6, 6.07) is 0.224. The monoisotopic (exact) mass is 172 g/mol. The number of ether oxygens (including phenoxy) is 1. The van der Waals surface area contributed by atoms with Gasteiger partial charge in [-0.05, 0) is 19.4 Å². The second kappa shape index (κ2) is 4.42. The predicted octanol–water partition coefficient (Wildman–Crippen LogP) is -0.514. The predicted molar refractivity (Wildman–Crippen MR) is 45.6 cm³/mol. The summed E-state index contributed by atoms with van der Waals surface area (Å²) < 4.78 is 4.66. The van der Waals surface area contributed by atoms with E-state index in [9.17, 15) is 4.79 Å². The second-order valence-corrected chi connectivity index (χ2v) is 3.07. The van der Waals surface area contributed by atoms with E-state index in [0.29, 0.717) is 6.54 Å². The summed E-state index contributed by atoms with van der Waals surface area (Å²) in [5, 5.41) is 3.24. The van der Waals surface area contributed by atoms with Crippen molar-refractivity contribution >= 4 is 5.97 Å². The van der Waals surface area contributed by atoms with Crippen LogP contribution < -0.4 is 11.1 Å². The fourth-order valence-electron chi connectivity index (χ4n) is 1.63. The third kappa shape index (κ3) is 1.95. The lowest BCUT2D eigenvalue weighted by Gasteiger charge is -2.19. The number of carbonyl (C=O) groups excluding carboxylic acids is 1. The fraction of sp³-hybridized carbons (Fsp3) is 0.875. The highest BCUT2D eigenvalue weighted by molar-refractivity contribution is 5.73. The summed E-state index contributed by atoms with van der Waals surface area (Å²) in [7, 11) is 1.40. The van der Waals surface area contributed by atoms with E-state index in [1.54, 1.807) is 0 Å². The van der Waals surface area contributed by atoms with Gasteiger partial charge in [0, 0.05) is 12.6 Å². The van der Waals surface area contributed by atoms with E-state index >= 15 is 0 Å². The summed E-state index contributed by atoms with van der Waals surface area (Å²) in [5.41, 5.74) is 5.49. The van der Waals surface area contributed by atoms with Gasteiger partial charge in [0.05, 0.1) is 13.0 Å². The molecule has 2 atom stereocenters. The first-order chi connectivity index (χ1) is 5.79. The van der Waals surface area contributed by atoms with E-state index in [-0.39, 0.29) is 17.9 Å². The van der Waals surface area contributed by atoms with Crippen LogP contribution in [0.2, 0.25) is 0 Å². The maximum Gasteiger partial charge on any atom is 0.311 e. The molecule has 1 fully saturated rings. The highest BCUT2D eigenvalue weighted by atomic mass is 16.5. The van der Waals surface area contributed by atoms with Crippen molar-refractivity contribution in [1.29, 1.82) is 0 Å². The minimum atomic E-state index is -0.197. The van der Waals surface area contributed by atoms with Crippen LogP contribution in [0.5, 0.6) is 0 Å². The molecule has 0 aromatic rings. The standard InChI is InChI=1S/C8H16N2O2/c1-12-8(11)6(5-9)7-3-2-4-10-7/h6-7,10H,2-5,9H2,1H3. The Bertz CT molecular complexity index is 155. The van der Waals surface area contributed by atoms with E-state index in [1.165, 1.54) is 7.11 Å². The summed E-state index contributed by atoms with van der Waals surface area (Å²) in [6.45, 7) is 1.35. The van der Waals surface area contributed by atoms with E-state index in [0.717, 1.165) is 19.4 Å². The Morgan fingerprint density at radius 3 is 3.00 bits per heavy atom. The van der Waals surface area contributed by atoms with Crippen LogP contribution in [0, 0.1) is 5.92 Å². The minimum absolute atomic E-state index is 0.169. The van der Waals surface area contributed by atoms with Gasteiger partial charge in [0.1, 0.15) is 0 Å². The zero-order chi connectivity index (χ0) is 8.97. The molecule has 1 saturated heterocycles. The molecule has 70 valence electrons. The molecule has 0 saturated carbocycles. The molecule has 0 bridgehead atoms. The van der Waals surface area contributed by atoms with Gasteiger partial charge in [0.25, 0.3) is 0 Å². The van der Waals surface area contributed by atoms with E-state index in [1.807, 2.05) is 0 Å². The number of methoxy groups -OCH3 is 1. The van der Waals surface area contributed by atoms with Gasteiger partial charge in [-0.1, -0.05) is 0 Å². The first-order valence-corrected chi connectivity index (χ1v) is 4.31. The van der Waals surface area contributed by atoms with Gasteiger partial charge < -0.3 is 15.8 Å². The van der Waals surface area contributed by atoms with Gasteiger partial charge in [-0.15, -0.1) is 0 Å². The lowest BCUT2D eigenvalue weighted by atomic mass is 9.99. The molecule has 1 heterocycles. The number of carbonyl (C=O) groups is 1. The Morgan fingerprint density at radius 1 is 1.83 bits per heavy atom. The van der Waals surface area contributed by atoms with Crippen molar-refractivity contribution in [3.63, 3.8) is 0 Å². The number of nitrogens with one attached hydrogen (secondary N) is 1. The number of esters is 1. The molecule has 0 spiro atoms. The van der Waals surface area contributed by atoms with Gasteiger partial charge in [-0.25, -0.2) is 0 Å². The number of hydrogen-bond donors (Lipinski definition) is 2. The van der Waals surface area contributed by atoms with Gasteiger partial charge >= 0.3 is 5.97 Å². The number of nitrogens with two attached hydrogens (primary N) is 1. The van der Waals surface area contributed by atoms with Gasteiger partial charge in [0.15, 0.2) is 0 Å². The second-order valence-electron chi connectivity index (χ2n) is 3.07. The van der Waals surface area contributed by atoms with Gasteiger partial charge in [-0.2, -0.15) is 0 Å². The molecule has 1 aliphatic rings. The topological polar surface area (TPSA) is 64.3 Å². The van der Waals surface area contributed by atoms with Crippen molar-refractivity contribution in [3.05, 3.63) is 0 Å². The summed E-state index contributed by atoms with van der Waals surface area (Å²) in [6.07, 6.45) is 2.15. The average Bonchev–Trinajstić information content (AvgIpc) is 2.58. The molecule has 12 heavy (non-hydrogen) atoms. The minimum Gasteiger partial charge on any atom is -0.469 e. The Hall–Kier alpha value is -0.610. The third-order valence-corrected chi connectivity index (χ3v) is 2.34. The van der Waals surface area contributed by atoms with E-state index in [4.69, 9.17) is 5.73 Å². The fourth-order valence-corrected chi connectivity index (χ4v) is 1.63. The third-order valence-electron chi connectivity index (χ3n) is 2.34. The van der Waals surface area contributed by atoms with Crippen molar-refractivity contribution in [2.24, 2.45) is 11.7 Å². The number of hydrogen-bond acceptors (Lipinski definition) is 4. The molecule has 1 aliphatic heterocycles. The molecule has 0 aliphatic carbocycles. The van der Waals surface area contributed by atoms with Gasteiger partial charge in [-0.3, -0.25) is 4.79 Å². The molecule has 3 N–H and O–H groups in total. The lowest BCUT2D eigenvalue weighted by Crippen LogP contribution is -2.40. The SMILES string of the molecule is COC(=O)C(CN)C1CCCN1. The van der Waals surface area contributed by atoms with Gasteiger partial charge in [0.2, 0.25) is 0 Å². The molecule has 4 nitrogen and oxygen atoms in total. The molecule has 0 amide bonds. The highest BCUT2D eigenvalue weighted by Crippen LogP contribution is 2.14. The van der Waals surface area contributed by atoms with E-state index in [2.05, 4.69) is 10.1 Å². The lowest BCUT2D eigenvalue weighted by molar-refractivity contribution is -0.145. The van der Waals surface area contributed by atoms with Crippen LogP contribution in [-0.4, -0.2) is 32.2 Å². The number of rotatable bonds is 3. The van der Waals surface area contributed by atoms with Crippen LogP contribution in [0.1, 0.15) is 12.8 Å². The normalized spacial score (nSPS) is 25.3. The first-order valence-electron chi connectivity index (χ1n) is 4.31. The molecule has 0 radical (unpaired) electrons. The van der Waals surface area contributed by atoms with Crippen LogP contribution in [0.15, 0.2) is 0 Å². The summed E-state index contributed by atoms with van der Waals surface area (Å²) in [4.78, 5) is 11.2. The molecular formula is C8H16N2O2. The Kier molecular flexibility index (Phi) is 3.49. The van der Waals surface area contributed by atoms with Crippen LogP contribution >= 0.6 is 0 Å². The highest BCUT2D eigenvalue weighted by Gasteiger charge is 2.29. The first kappa shape index (κ1) is 9.48. The molecule has 4 heteroatoms. The van der Waals surface area contributed by atoms with Crippen molar-refractivity contribution in [1.82, 2.24) is 5.32 Å². The Labute approximate surface area is 72.5 Å². The van der Waals surface area contributed by atoms with E-state index < -0.39 is 0 Å². The smallest absolute Gasteiger partial charge is 0.311 e. The Morgan fingerprint density at radius 2 is 2.58 bits per heavy atom.